The Bertz CT molecular complexity index is 5970. The molecule has 0 saturated heterocycles. The number of ether oxygens (including phenoxy) is 3. The molecule has 0 N–H and O–H groups in total. The van der Waals surface area contributed by atoms with Gasteiger partial charge in [-0.2, -0.15) is 0 Å². The molecule has 0 amide bonds. The molecule has 0 aliphatic heterocycles. The van der Waals surface area contributed by atoms with Crippen LogP contribution in [-0.2, 0) is 88.9 Å². The first-order chi connectivity index (χ1) is 51.0. The van der Waals surface area contributed by atoms with Gasteiger partial charge in [0.25, 0.3) is 9.05 Å². The molecule has 0 saturated carbocycles. The van der Waals surface area contributed by atoms with Gasteiger partial charge in [0.2, 0.25) is 39.3 Å². The number of hydrogen-bond acceptors (Lipinski definition) is 25. The first-order valence-corrected chi connectivity index (χ1v) is 48.3. The maximum absolute atomic E-state index is 13.8. The summed E-state index contributed by atoms with van der Waals surface area (Å²) in [5.41, 5.74) is 0. The second kappa shape index (κ2) is 44.9. The van der Waals surface area contributed by atoms with E-state index in [9.17, 15) is 116 Å². The molecule has 0 heterocycles. The predicted octanol–water partition coefficient (Wildman–Crippen LogP) is 2.03. The topological polar surface area (TPSA) is 427 Å². The Morgan fingerprint density at radius 3 is 0.704 bits per heavy atom. The van der Waals surface area contributed by atoms with Crippen LogP contribution in [0.15, 0.2) is 318 Å². The summed E-state index contributed by atoms with van der Waals surface area (Å²) in [6.45, 7) is 0. The van der Waals surface area contributed by atoms with Crippen LogP contribution in [0.2, 0.25) is 0 Å². The number of sulfone groups is 4. The van der Waals surface area contributed by atoms with E-state index in [2.05, 4.69) is 0 Å². The van der Waals surface area contributed by atoms with Gasteiger partial charge in [-0.05, 0) is 218 Å². The van der Waals surface area contributed by atoms with Crippen molar-refractivity contribution in [2.45, 2.75) is 71.1 Å². The molecule has 0 bridgehead atoms. The molecule has 25 nitrogen and oxygen atoms in total. The zero-order valence-electron chi connectivity index (χ0n) is 58.1. The number of benzene rings is 11. The van der Waals surface area contributed by atoms with Crippen LogP contribution in [0.5, 0.6) is 34.5 Å². The van der Waals surface area contributed by atoms with Gasteiger partial charge in [0.15, 0.2) is 0 Å². The van der Waals surface area contributed by atoms with Crippen LogP contribution >= 0.6 is 40.8 Å². The summed E-state index contributed by atoms with van der Waals surface area (Å²) in [6.07, 6.45) is 0. The maximum atomic E-state index is 13.8. The Labute approximate surface area is 768 Å². The second-order valence-electron chi connectivity index (χ2n) is 21.2. The Kier molecular flexibility index (Phi) is 41.6. The molecule has 0 aliphatic rings. The maximum Gasteiger partial charge on any atom is 1.00 e. The molecule has 0 atom stereocenters. The van der Waals surface area contributed by atoms with Crippen LogP contribution in [0.3, 0.4) is 0 Å². The summed E-state index contributed by atoms with van der Waals surface area (Å²) in [6, 6.07) is 48.3. The van der Waals surface area contributed by atoms with Gasteiger partial charge in [-0.3, -0.25) is 0 Å². The van der Waals surface area contributed by atoms with E-state index in [0.717, 1.165) is 60.0 Å². The van der Waals surface area contributed by atoms with Crippen molar-refractivity contribution in [3.63, 3.8) is 0 Å². The minimum Gasteiger partial charge on any atom is -0.744 e. The van der Waals surface area contributed by atoms with E-state index in [0.29, 0.717) is 60.0 Å². The minimum atomic E-state index is -5.77. The first kappa shape index (κ1) is 107. The van der Waals surface area contributed by atoms with E-state index >= 15 is 0 Å². The molecule has 11 aromatic carbocycles. The Hall–Kier alpha value is -4.45. The van der Waals surface area contributed by atoms with Crippen LogP contribution in [-0.4, -0.2) is 105 Å². The van der Waals surface area contributed by atoms with E-state index in [1.165, 1.54) is 72.8 Å². The molecule has 11 rings (SSSR count). The SMILES string of the molecule is C.O=S(=O)(Cl)c1ccc(F)cc1.O=S(=O)([O-])c1cc(S(=O)(=O)c2ccc(Oc3ccc(S(=O)(=O)c4ccc(F)c(S(=O)(=O)[O-])c4)cc3S(=O)(=O)[O-])c(S(=O)(=O)[O-])c2)ccc1F.O=S(=O)(c1ccc(F)cc1)c1ccc(Oc2ccc(S(=O)(=O)c3ccc(F)cc3)cc2)cc1.[Cl][Al]([Cl])[Cl].[Na+].[Na+].[Na+].[Na+].c1ccc(Oc2ccccc2)cc1. The minimum absolute atomic E-state index is 0. The normalized spacial score (nSPS) is 11.5. The van der Waals surface area contributed by atoms with E-state index in [1.807, 2.05) is 60.7 Å². The van der Waals surface area contributed by atoms with E-state index < -0.39 is 180 Å². The third kappa shape index (κ3) is 30.6. The van der Waals surface area contributed by atoms with Gasteiger partial charge in [0, 0.05) is 10.7 Å². The Morgan fingerprint density at radius 2 is 0.461 bits per heavy atom. The average molecular weight is 1900 g/mol. The Balaban J connectivity index is 0.000000579. The van der Waals surface area contributed by atoms with Crippen molar-refractivity contribution >= 4 is 141 Å². The van der Waals surface area contributed by atoms with Crippen molar-refractivity contribution in [3.8, 4) is 34.5 Å². The zero-order chi connectivity index (χ0) is 81.8. The zero-order valence-corrected chi connectivity index (χ0v) is 77.6. The van der Waals surface area contributed by atoms with E-state index in [-0.39, 0.29) is 174 Å². The molecule has 48 heteroatoms. The molecular weight excluding hydrogens is 1850 g/mol. The van der Waals surface area contributed by atoms with Crippen LogP contribution in [0, 0.1) is 29.1 Å². The fourth-order valence-corrected chi connectivity index (χ4v) is 17.3. The summed E-state index contributed by atoms with van der Waals surface area (Å²) in [7, 11) is -24.2. The number of halogens is 9. The first-order valence-electron chi connectivity index (χ1n) is 29.2. The van der Waals surface area contributed by atoms with Gasteiger partial charge in [0.05, 0.1) is 63.6 Å². The fraction of sp³-hybridized carbons (Fsp3) is 0.0149. The smallest absolute Gasteiger partial charge is 0.744 e. The fourth-order valence-electron chi connectivity index (χ4n) is 8.67. The molecule has 0 aromatic heterocycles. The van der Waals surface area contributed by atoms with Gasteiger partial charge in [-0.1, -0.05) is 43.8 Å². The summed E-state index contributed by atoms with van der Waals surface area (Å²) < 4.78 is 347. The number of rotatable bonds is 19. The third-order valence-electron chi connectivity index (χ3n) is 13.7. The summed E-state index contributed by atoms with van der Waals surface area (Å²) in [4.78, 5) is -10.6. The largest absolute Gasteiger partial charge is 1.00 e. The molecule has 115 heavy (non-hydrogen) atoms. The van der Waals surface area contributed by atoms with E-state index in [4.69, 9.17) is 55.0 Å². The second-order valence-corrected chi connectivity index (χ2v) is 43.3. The number of para-hydroxylation sites is 2. The summed E-state index contributed by atoms with van der Waals surface area (Å²) in [5, 5.41) is 0. The molecule has 0 aliphatic carbocycles. The van der Waals surface area contributed by atoms with Crippen molar-refractivity contribution in [1.82, 2.24) is 0 Å². The molecule has 588 valence electrons. The van der Waals surface area contributed by atoms with Gasteiger partial charge in [-0.25, -0.2) is 128 Å². The van der Waals surface area contributed by atoms with Crippen molar-refractivity contribution in [2.24, 2.45) is 0 Å². The summed E-state index contributed by atoms with van der Waals surface area (Å²) >= 11 is -1.72. The molecule has 0 spiro atoms. The standard InChI is InChI=1S/C24H16F2O17S6.C24H16F2O5S2.C12H10O.C6H4ClFO2S.CH4.Al.3ClH.4Na/c25-17-5-1-13(9-21(17)46(31,32)33)44(27,28)15-3-7-19(23(11-15)48(37,38)39)43-20-8-4-16(12-24(20)49(40,41)42)45(29,30)14-2-6-18(26)22(10-14)47(34,35)36;25-17-1-9-21(10-2-17)32(27,28)23-13-5-19(6-14-23)31-20-7-15-24(16-8-20)33(29,30)22-11-3-18(26)4-12-22;1-3-7-11(8-4-1)13-12-9-5-2-6-10-12;7-11(9,10)6-3-1-5(8)2-4-6;;;;;;;;;/h1-12H,(H,31,32,33)(H,34,35,36)(H,37,38,39)(H,40,41,42);1-16H;1-10H;1-4H;1H4;;3*1H;;;;/q;;;;;+3;;;;4*+1/p-7. The van der Waals surface area contributed by atoms with Crippen molar-refractivity contribution in [1.29, 1.82) is 0 Å². The quantitative estimate of drug-likeness (QED) is 0.0367. The monoisotopic (exact) mass is 1890 g/mol. The van der Waals surface area contributed by atoms with Crippen LogP contribution in [0.25, 0.3) is 0 Å². The van der Waals surface area contributed by atoms with Crippen LogP contribution < -0.4 is 132 Å². The van der Waals surface area contributed by atoms with E-state index in [1.54, 1.807) is 0 Å². The molecule has 0 unspecified atom stereocenters. The van der Waals surface area contributed by atoms with Crippen molar-refractivity contribution in [3.05, 3.63) is 284 Å². The Morgan fingerprint density at radius 1 is 0.261 bits per heavy atom. The molecule has 0 fully saturated rings. The van der Waals surface area contributed by atoms with Crippen molar-refractivity contribution < 1.29 is 248 Å². The molecule has 0 radical (unpaired) electrons. The van der Waals surface area contributed by atoms with Gasteiger partial charge < -0.3 is 32.4 Å². The van der Waals surface area contributed by atoms with Crippen LogP contribution in [0.4, 0.5) is 22.0 Å². The van der Waals surface area contributed by atoms with Crippen molar-refractivity contribution in [2.75, 3.05) is 0 Å². The predicted molar refractivity (Wildman–Crippen MR) is 388 cm³/mol. The average Bonchev–Trinajstić information content (AvgIpc) is 0.763. The molecule has 11 aromatic rings. The number of hydrogen-bond donors (Lipinski definition) is 0. The van der Waals surface area contributed by atoms with Crippen LogP contribution in [0.1, 0.15) is 7.43 Å². The third-order valence-corrected chi connectivity index (χ3v) is 25.6. The summed E-state index contributed by atoms with van der Waals surface area (Å²) in [5.74, 6) is -4.67. The van der Waals surface area contributed by atoms with Gasteiger partial charge >= 0.3 is 130 Å². The van der Waals surface area contributed by atoms with Gasteiger partial charge in [0.1, 0.15) is 104 Å². The molecular formula is C67H46AlCl4F5Na4O25S9. The van der Waals surface area contributed by atoms with Gasteiger partial charge in [-0.15, -0.1) is 0 Å².